The van der Waals surface area contributed by atoms with E-state index in [2.05, 4.69) is 31.3 Å². The number of H-pyrrole nitrogens is 1. The fourth-order valence-corrected chi connectivity index (χ4v) is 5.35. The monoisotopic (exact) mass is 447 g/mol. The summed E-state index contributed by atoms with van der Waals surface area (Å²) in [5.41, 5.74) is 1.49. The van der Waals surface area contributed by atoms with Crippen LogP contribution in [0.1, 0.15) is 5.56 Å². The van der Waals surface area contributed by atoms with E-state index in [0.717, 1.165) is 5.56 Å². The maximum absolute atomic E-state index is 12.6. The molecule has 0 saturated carbocycles. The molecule has 4 rings (SSSR count). The van der Waals surface area contributed by atoms with Crippen molar-refractivity contribution >= 4 is 41.4 Å². The number of β-lactam (4-membered cyclic amide) rings is 1. The number of fused-ring (bicyclic) bond motifs is 1. The molecule has 0 radical (unpaired) electrons. The third kappa shape index (κ3) is 4.11. The van der Waals surface area contributed by atoms with E-state index >= 15 is 0 Å². The van der Waals surface area contributed by atoms with Crippen LogP contribution in [-0.4, -0.2) is 71.5 Å². The number of aliphatic carboxylic acids is 1. The largest absolute Gasteiger partial charge is 0.477 e. The number of nitrogens with zero attached hydrogens (tertiary/aromatic N) is 4. The molecule has 2 aromatic rings. The zero-order chi connectivity index (χ0) is 21.1. The molecule has 3 heterocycles. The summed E-state index contributed by atoms with van der Waals surface area (Å²) in [6, 6.07) is 8.14. The average molecular weight is 448 g/mol. The number of hydrogen-bond donors (Lipinski definition) is 4. The molecule has 11 nitrogen and oxygen atoms in total. The number of carboxylic acids is 1. The molecular weight excluding hydrogens is 430 g/mol. The fraction of sp³-hybridized carbons (Fsp3) is 0.294. The third-order valence-corrected chi connectivity index (χ3v) is 6.80. The van der Waals surface area contributed by atoms with Crippen LogP contribution in [0, 0.1) is 0 Å². The Hall–Kier alpha value is -3.06. The van der Waals surface area contributed by atoms with Gasteiger partial charge in [-0.15, -0.1) is 22.0 Å². The summed E-state index contributed by atoms with van der Waals surface area (Å²) in [6.07, 6.45) is 0. The van der Waals surface area contributed by atoms with Gasteiger partial charge in [0.1, 0.15) is 17.1 Å². The van der Waals surface area contributed by atoms with Gasteiger partial charge >= 0.3 is 12.0 Å². The standard InChI is InChI=1S/C17H17N7O4S2/c25-13-11(19-16(28)18-6-9-4-2-1-3-5-9)14-24(13)12(15(26)27)10(7-29-14)8-30-17-20-22-23-21-17/h1-5,11,14H,6-8H2,(H,26,27)(H2,18,19,28)(H,20,21,22,23)/t11?,14-/m0/s1. The molecule has 2 atom stereocenters. The Morgan fingerprint density at radius 1 is 1.33 bits per heavy atom. The van der Waals surface area contributed by atoms with Crippen LogP contribution in [0.25, 0.3) is 0 Å². The second-order valence-electron chi connectivity index (χ2n) is 6.44. The van der Waals surface area contributed by atoms with Crippen molar-refractivity contribution in [3.05, 3.63) is 47.2 Å². The number of amides is 3. The lowest BCUT2D eigenvalue weighted by Gasteiger charge is -2.49. The lowest BCUT2D eigenvalue weighted by atomic mass is 10.0. The van der Waals surface area contributed by atoms with Crippen LogP contribution in [0.15, 0.2) is 46.8 Å². The smallest absolute Gasteiger partial charge is 0.352 e. The highest BCUT2D eigenvalue weighted by Gasteiger charge is 2.54. The second-order valence-corrected chi connectivity index (χ2v) is 8.49. The first kappa shape index (κ1) is 20.2. The molecule has 2 aliphatic rings. The Morgan fingerprint density at radius 3 is 2.83 bits per heavy atom. The molecule has 30 heavy (non-hydrogen) atoms. The zero-order valence-corrected chi connectivity index (χ0v) is 17.1. The van der Waals surface area contributed by atoms with E-state index in [-0.39, 0.29) is 5.70 Å². The second kappa shape index (κ2) is 8.75. The highest BCUT2D eigenvalue weighted by atomic mass is 32.2. The van der Waals surface area contributed by atoms with Crippen LogP contribution in [0.3, 0.4) is 0 Å². The van der Waals surface area contributed by atoms with Crippen LogP contribution >= 0.6 is 23.5 Å². The number of carboxylic acid groups (broad SMARTS) is 1. The van der Waals surface area contributed by atoms with Crippen molar-refractivity contribution in [2.75, 3.05) is 11.5 Å². The lowest BCUT2D eigenvalue weighted by molar-refractivity contribution is -0.148. The molecule has 2 aliphatic heterocycles. The Bertz CT molecular complexity index is 983. The summed E-state index contributed by atoms with van der Waals surface area (Å²) < 4.78 is 0. The van der Waals surface area contributed by atoms with Crippen LogP contribution in [0.4, 0.5) is 4.79 Å². The summed E-state index contributed by atoms with van der Waals surface area (Å²) in [7, 11) is 0. The Labute approximate surface area is 179 Å². The van der Waals surface area contributed by atoms with E-state index in [1.807, 2.05) is 30.3 Å². The van der Waals surface area contributed by atoms with Crippen LogP contribution in [-0.2, 0) is 16.1 Å². The van der Waals surface area contributed by atoms with Crippen molar-refractivity contribution in [2.24, 2.45) is 0 Å². The number of tetrazole rings is 1. The molecule has 156 valence electrons. The summed E-state index contributed by atoms with van der Waals surface area (Å²) in [4.78, 5) is 37.9. The number of benzene rings is 1. The van der Waals surface area contributed by atoms with Gasteiger partial charge in [-0.05, 0) is 16.3 Å². The number of aromatic nitrogens is 4. The Kier molecular flexibility index (Phi) is 5.90. The first-order valence-electron chi connectivity index (χ1n) is 8.89. The fourth-order valence-electron chi connectivity index (χ4n) is 3.13. The molecule has 4 N–H and O–H groups in total. The molecule has 1 aromatic heterocycles. The first-order valence-corrected chi connectivity index (χ1v) is 10.9. The van der Waals surface area contributed by atoms with E-state index in [9.17, 15) is 19.5 Å². The van der Waals surface area contributed by atoms with Gasteiger partial charge in [0.15, 0.2) is 0 Å². The van der Waals surface area contributed by atoms with Gasteiger partial charge in [-0.1, -0.05) is 42.1 Å². The van der Waals surface area contributed by atoms with Gasteiger partial charge in [0.25, 0.3) is 5.91 Å². The van der Waals surface area contributed by atoms with Crippen molar-refractivity contribution < 1.29 is 19.5 Å². The first-order chi connectivity index (χ1) is 14.5. The Balaban J connectivity index is 1.38. The van der Waals surface area contributed by atoms with E-state index in [0.29, 0.717) is 28.8 Å². The molecule has 1 fully saturated rings. The van der Waals surface area contributed by atoms with Gasteiger partial charge in [-0.2, -0.15) is 5.21 Å². The minimum Gasteiger partial charge on any atom is -0.477 e. The summed E-state index contributed by atoms with van der Waals surface area (Å²) in [5.74, 6) is -0.878. The molecule has 1 unspecified atom stereocenters. The minimum atomic E-state index is -1.18. The van der Waals surface area contributed by atoms with E-state index in [4.69, 9.17) is 0 Å². The highest BCUT2D eigenvalue weighted by molar-refractivity contribution is 8.01. The summed E-state index contributed by atoms with van der Waals surface area (Å²) in [6.45, 7) is 0.326. The molecule has 0 spiro atoms. The number of urea groups is 1. The minimum absolute atomic E-state index is 0.0394. The van der Waals surface area contributed by atoms with Gasteiger partial charge in [-0.3, -0.25) is 9.69 Å². The van der Waals surface area contributed by atoms with Gasteiger partial charge in [0.05, 0.1) is 0 Å². The molecule has 1 saturated heterocycles. The third-order valence-electron chi connectivity index (χ3n) is 4.53. The van der Waals surface area contributed by atoms with E-state index in [1.165, 1.54) is 28.4 Å². The molecule has 0 aliphatic carbocycles. The normalized spacial score (nSPS) is 20.4. The zero-order valence-electron chi connectivity index (χ0n) is 15.4. The quantitative estimate of drug-likeness (QED) is 0.349. The van der Waals surface area contributed by atoms with Gasteiger partial charge < -0.3 is 15.7 Å². The molecule has 1 aromatic carbocycles. The topological polar surface area (TPSA) is 153 Å². The molecule has 3 amide bonds. The number of hydrogen-bond acceptors (Lipinski definition) is 8. The van der Waals surface area contributed by atoms with Crippen LogP contribution in [0.5, 0.6) is 0 Å². The predicted molar refractivity (Wildman–Crippen MR) is 108 cm³/mol. The van der Waals surface area contributed by atoms with Crippen LogP contribution in [0.2, 0.25) is 0 Å². The maximum atomic E-state index is 12.6. The van der Waals surface area contributed by atoms with Crippen molar-refractivity contribution in [3.8, 4) is 0 Å². The van der Waals surface area contributed by atoms with E-state index in [1.54, 1.807) is 0 Å². The average Bonchev–Trinajstić information content (AvgIpc) is 3.28. The number of aromatic amines is 1. The number of carbonyl (C=O) groups is 3. The number of thioether (sulfide) groups is 2. The maximum Gasteiger partial charge on any atom is 0.352 e. The van der Waals surface area contributed by atoms with Crippen molar-refractivity contribution in [3.63, 3.8) is 0 Å². The van der Waals surface area contributed by atoms with Gasteiger partial charge in [0.2, 0.25) is 5.16 Å². The number of nitrogens with one attached hydrogen (secondary N) is 3. The lowest BCUT2D eigenvalue weighted by Crippen LogP contribution is -2.71. The van der Waals surface area contributed by atoms with E-state index < -0.39 is 29.3 Å². The predicted octanol–water partition coefficient (Wildman–Crippen LogP) is 0.414. The SMILES string of the molecule is O=C(NCc1ccccc1)NC1C(=O)N2C(C(=O)O)=C(CSc3nn[nH]n3)CS[C@@H]12. The molecule has 13 heteroatoms. The molecule has 0 bridgehead atoms. The van der Waals surface area contributed by atoms with Crippen molar-refractivity contribution in [1.29, 1.82) is 0 Å². The van der Waals surface area contributed by atoms with Crippen molar-refractivity contribution in [1.82, 2.24) is 36.2 Å². The molecular formula is C17H17N7O4S2. The Morgan fingerprint density at radius 2 is 2.13 bits per heavy atom. The highest BCUT2D eigenvalue weighted by Crippen LogP contribution is 2.41. The van der Waals surface area contributed by atoms with Gasteiger partial charge in [-0.25, -0.2) is 9.59 Å². The van der Waals surface area contributed by atoms with Gasteiger partial charge in [0, 0.05) is 18.1 Å². The number of rotatable bonds is 7. The van der Waals surface area contributed by atoms with Crippen molar-refractivity contribution in [2.45, 2.75) is 23.1 Å². The summed E-state index contributed by atoms with van der Waals surface area (Å²) in [5, 5.41) is 28.4. The number of carbonyl (C=O) groups excluding carboxylic acids is 2. The van der Waals surface area contributed by atoms with Crippen LogP contribution < -0.4 is 10.6 Å². The summed E-state index contributed by atoms with van der Waals surface area (Å²) >= 11 is 2.64.